The first-order chi connectivity index (χ1) is 8.41. The van der Waals surface area contributed by atoms with Crippen LogP contribution in [0.5, 0.6) is 0 Å². The molecule has 1 aliphatic rings. The van der Waals surface area contributed by atoms with Gasteiger partial charge in [-0.05, 0) is 25.3 Å². The van der Waals surface area contributed by atoms with Gasteiger partial charge in [-0.1, -0.05) is 12.1 Å². The number of sulfone groups is 1. The lowest BCUT2D eigenvalue weighted by Crippen LogP contribution is -2.33. The number of nitrogens with zero attached hydrogens (tertiary/aromatic N) is 1. The zero-order chi connectivity index (χ0) is 13.4. The van der Waals surface area contributed by atoms with Gasteiger partial charge in [0.25, 0.3) is 0 Å². The second kappa shape index (κ2) is 4.30. The van der Waals surface area contributed by atoms with E-state index < -0.39 is 21.2 Å². The van der Waals surface area contributed by atoms with E-state index in [0.29, 0.717) is 12.8 Å². The molecule has 1 aromatic carbocycles. The zero-order valence-electron chi connectivity index (χ0n) is 9.81. The fourth-order valence-corrected chi connectivity index (χ4v) is 2.96. The van der Waals surface area contributed by atoms with Crippen LogP contribution in [0.25, 0.3) is 0 Å². The summed E-state index contributed by atoms with van der Waals surface area (Å²) in [6.07, 6.45) is 4.30. The minimum absolute atomic E-state index is 0.167. The molecular formula is C12H12FNO3S. The van der Waals surface area contributed by atoms with Crippen LogP contribution in [0.4, 0.5) is 4.39 Å². The van der Waals surface area contributed by atoms with Crippen LogP contribution >= 0.6 is 0 Å². The largest absolute Gasteiger partial charge is 0.235 e. The quantitative estimate of drug-likeness (QED) is 0.622. The first kappa shape index (κ1) is 12.9. The molecule has 0 radical (unpaired) electrons. The van der Waals surface area contributed by atoms with Gasteiger partial charge in [0.05, 0.1) is 0 Å². The predicted octanol–water partition coefficient (Wildman–Crippen LogP) is 1.94. The Morgan fingerprint density at radius 1 is 1.39 bits per heavy atom. The molecule has 1 aliphatic carbocycles. The Morgan fingerprint density at radius 3 is 2.50 bits per heavy atom. The van der Waals surface area contributed by atoms with Crippen molar-refractivity contribution in [3.63, 3.8) is 0 Å². The molecule has 1 aromatic rings. The lowest BCUT2D eigenvalue weighted by atomic mass is 9.72. The van der Waals surface area contributed by atoms with E-state index in [9.17, 15) is 17.6 Å². The first-order valence-electron chi connectivity index (χ1n) is 5.49. The molecule has 0 bridgehead atoms. The summed E-state index contributed by atoms with van der Waals surface area (Å²) in [4.78, 5) is 13.8. The van der Waals surface area contributed by atoms with Crippen molar-refractivity contribution in [1.29, 1.82) is 0 Å². The average Bonchev–Trinajstić information content (AvgIpc) is 2.22. The molecule has 0 spiro atoms. The second-order valence-electron chi connectivity index (χ2n) is 4.48. The third kappa shape index (κ3) is 1.98. The van der Waals surface area contributed by atoms with Gasteiger partial charge in [0.2, 0.25) is 6.08 Å². The Kier molecular flexibility index (Phi) is 3.09. The van der Waals surface area contributed by atoms with Crippen molar-refractivity contribution in [3.05, 3.63) is 29.6 Å². The topological polar surface area (TPSA) is 63.6 Å². The lowest BCUT2D eigenvalue weighted by Gasteiger charge is -2.37. The fraction of sp³-hybridized carbons (Fsp3) is 0.417. The van der Waals surface area contributed by atoms with Gasteiger partial charge in [-0.2, -0.15) is 4.99 Å². The summed E-state index contributed by atoms with van der Waals surface area (Å²) in [6.45, 7) is 0. The van der Waals surface area contributed by atoms with E-state index in [1.54, 1.807) is 0 Å². The Balaban J connectivity index is 2.63. The summed E-state index contributed by atoms with van der Waals surface area (Å²) in [5.41, 5.74) is -0.757. The van der Waals surface area contributed by atoms with E-state index >= 15 is 0 Å². The monoisotopic (exact) mass is 269 g/mol. The number of hydrogen-bond acceptors (Lipinski definition) is 4. The van der Waals surface area contributed by atoms with E-state index in [4.69, 9.17) is 0 Å². The number of rotatable bonds is 3. The minimum atomic E-state index is -3.63. The van der Waals surface area contributed by atoms with Crippen LogP contribution < -0.4 is 0 Å². The standard InChI is InChI=1S/C12H12FNO3S/c1-18(16,17)10-5-2-4-9(11(10)13)12(14-8-15)6-3-7-12/h2,4-5H,3,6-7H2,1H3. The molecule has 0 heterocycles. The molecule has 6 heteroatoms. The summed E-state index contributed by atoms with van der Waals surface area (Å²) in [7, 11) is -3.63. The van der Waals surface area contributed by atoms with Gasteiger partial charge < -0.3 is 0 Å². The first-order valence-corrected chi connectivity index (χ1v) is 7.38. The molecule has 4 nitrogen and oxygen atoms in total. The van der Waals surface area contributed by atoms with Crippen LogP contribution in [0.2, 0.25) is 0 Å². The summed E-state index contributed by atoms with van der Waals surface area (Å²) in [6, 6.07) is 4.16. The van der Waals surface area contributed by atoms with E-state index in [-0.39, 0.29) is 10.5 Å². The fourth-order valence-electron chi connectivity index (χ4n) is 2.20. The summed E-state index contributed by atoms with van der Waals surface area (Å²) < 4.78 is 37.1. The molecular weight excluding hydrogens is 257 g/mol. The molecule has 0 aliphatic heterocycles. The molecule has 0 atom stereocenters. The minimum Gasteiger partial charge on any atom is -0.224 e. The van der Waals surface area contributed by atoms with Crippen LogP contribution in [-0.2, 0) is 20.2 Å². The Morgan fingerprint density at radius 2 is 2.06 bits per heavy atom. The highest BCUT2D eigenvalue weighted by atomic mass is 32.2. The summed E-state index contributed by atoms with van der Waals surface area (Å²) in [5, 5.41) is 0. The predicted molar refractivity (Wildman–Crippen MR) is 63.2 cm³/mol. The van der Waals surface area contributed by atoms with Crippen molar-refractivity contribution >= 4 is 15.9 Å². The Labute approximate surface area is 104 Å². The molecule has 18 heavy (non-hydrogen) atoms. The van der Waals surface area contributed by atoms with Crippen molar-refractivity contribution in [2.75, 3.05) is 6.26 Å². The van der Waals surface area contributed by atoms with Crippen LogP contribution in [0, 0.1) is 5.82 Å². The maximum absolute atomic E-state index is 14.2. The molecule has 0 unspecified atom stereocenters. The normalized spacial score (nSPS) is 17.7. The van der Waals surface area contributed by atoms with E-state index in [2.05, 4.69) is 4.99 Å². The van der Waals surface area contributed by atoms with E-state index in [1.807, 2.05) is 0 Å². The summed E-state index contributed by atoms with van der Waals surface area (Å²) >= 11 is 0. The van der Waals surface area contributed by atoms with Gasteiger partial charge in [-0.25, -0.2) is 17.6 Å². The zero-order valence-corrected chi connectivity index (χ0v) is 10.6. The van der Waals surface area contributed by atoms with Gasteiger partial charge in [-0.3, -0.25) is 0 Å². The summed E-state index contributed by atoms with van der Waals surface area (Å²) in [5.74, 6) is -0.807. The van der Waals surface area contributed by atoms with Gasteiger partial charge in [-0.15, -0.1) is 0 Å². The van der Waals surface area contributed by atoms with Gasteiger partial charge in [0.15, 0.2) is 9.84 Å². The SMILES string of the molecule is CS(=O)(=O)c1cccc(C2(N=C=O)CCC2)c1F. The highest BCUT2D eigenvalue weighted by Gasteiger charge is 2.41. The van der Waals surface area contributed by atoms with E-state index in [0.717, 1.165) is 12.7 Å². The van der Waals surface area contributed by atoms with Gasteiger partial charge in [0, 0.05) is 11.8 Å². The molecule has 0 N–H and O–H groups in total. The number of hydrogen-bond donors (Lipinski definition) is 0. The molecule has 2 rings (SSSR count). The second-order valence-corrected chi connectivity index (χ2v) is 6.46. The number of aliphatic imine (C=N–C) groups is 1. The van der Waals surface area contributed by atoms with Crippen LogP contribution in [0.15, 0.2) is 28.1 Å². The molecule has 0 aromatic heterocycles. The number of isocyanates is 1. The molecule has 0 amide bonds. The van der Waals surface area contributed by atoms with Gasteiger partial charge >= 0.3 is 0 Å². The smallest absolute Gasteiger partial charge is 0.224 e. The lowest BCUT2D eigenvalue weighted by molar-refractivity contribution is 0.246. The maximum atomic E-state index is 14.2. The van der Waals surface area contributed by atoms with Crippen LogP contribution in [0.1, 0.15) is 24.8 Å². The van der Waals surface area contributed by atoms with Crippen molar-refractivity contribution in [2.24, 2.45) is 4.99 Å². The van der Waals surface area contributed by atoms with Gasteiger partial charge in [0.1, 0.15) is 16.3 Å². The van der Waals surface area contributed by atoms with Crippen molar-refractivity contribution in [3.8, 4) is 0 Å². The number of carbonyl (C=O) groups excluding carboxylic acids is 1. The van der Waals surface area contributed by atoms with E-state index in [1.165, 1.54) is 24.3 Å². The van der Waals surface area contributed by atoms with Crippen LogP contribution in [-0.4, -0.2) is 20.8 Å². The number of benzene rings is 1. The number of halogens is 1. The Hall–Kier alpha value is -1.52. The van der Waals surface area contributed by atoms with Crippen molar-refractivity contribution in [1.82, 2.24) is 0 Å². The van der Waals surface area contributed by atoms with Crippen molar-refractivity contribution in [2.45, 2.75) is 29.7 Å². The molecule has 96 valence electrons. The highest BCUT2D eigenvalue weighted by molar-refractivity contribution is 7.90. The van der Waals surface area contributed by atoms with Crippen LogP contribution in [0.3, 0.4) is 0 Å². The third-order valence-electron chi connectivity index (χ3n) is 3.30. The molecule has 1 fully saturated rings. The Bertz CT molecular complexity index is 629. The third-order valence-corrected chi connectivity index (χ3v) is 4.42. The molecule has 0 saturated heterocycles. The highest BCUT2D eigenvalue weighted by Crippen LogP contribution is 2.46. The molecule has 1 saturated carbocycles. The maximum Gasteiger partial charge on any atom is 0.235 e. The van der Waals surface area contributed by atoms with Crippen molar-refractivity contribution < 1.29 is 17.6 Å². The average molecular weight is 269 g/mol.